The van der Waals surface area contributed by atoms with Crippen molar-refractivity contribution in [1.29, 1.82) is 0 Å². The van der Waals surface area contributed by atoms with E-state index in [4.69, 9.17) is 4.74 Å². The number of nitrogens with zero attached hydrogens (tertiary/aromatic N) is 1. The van der Waals surface area contributed by atoms with Crippen molar-refractivity contribution in [2.75, 3.05) is 19.0 Å². The molecule has 2 N–H and O–H groups in total. The molecule has 152 valence electrons. The highest BCUT2D eigenvalue weighted by atomic mass is 16.5. The van der Waals surface area contributed by atoms with E-state index in [0.717, 1.165) is 18.4 Å². The summed E-state index contributed by atoms with van der Waals surface area (Å²) < 4.78 is 5.33. The molecule has 2 aromatic rings. The molecule has 2 aromatic carbocycles. The molecule has 29 heavy (non-hydrogen) atoms. The number of carbonyl (C=O) groups excluding carboxylic acids is 2. The fourth-order valence-electron chi connectivity index (χ4n) is 3.56. The summed E-state index contributed by atoms with van der Waals surface area (Å²) in [5, 5.41) is 12.2. The van der Waals surface area contributed by atoms with Crippen LogP contribution in [0.3, 0.4) is 0 Å². The van der Waals surface area contributed by atoms with Crippen LogP contribution in [-0.4, -0.2) is 47.5 Å². The second-order valence-corrected chi connectivity index (χ2v) is 6.94. The number of benzene rings is 2. The van der Waals surface area contributed by atoms with Gasteiger partial charge in [0.1, 0.15) is 6.04 Å². The molecule has 0 bridgehead atoms. The maximum atomic E-state index is 12.9. The van der Waals surface area contributed by atoms with Crippen LogP contribution in [0.2, 0.25) is 0 Å². The summed E-state index contributed by atoms with van der Waals surface area (Å²) in [5.41, 5.74) is 1.50. The van der Waals surface area contributed by atoms with Gasteiger partial charge in [0.2, 0.25) is 0 Å². The number of likely N-dealkylation sites (tertiary alicyclic amines) is 1. The Morgan fingerprint density at radius 1 is 1.10 bits per heavy atom. The number of hydrogen-bond donors (Lipinski definition) is 2. The number of nitrogens with one attached hydrogen (secondary N) is 1. The molecular formula is C22H24N2O5. The number of rotatable bonds is 6. The van der Waals surface area contributed by atoms with Crippen LogP contribution < -0.4 is 5.32 Å². The molecule has 3 rings (SSSR count). The lowest BCUT2D eigenvalue weighted by Gasteiger charge is -2.33. The third-order valence-electron chi connectivity index (χ3n) is 5.00. The van der Waals surface area contributed by atoms with Crippen molar-refractivity contribution in [3.63, 3.8) is 0 Å². The van der Waals surface area contributed by atoms with E-state index < -0.39 is 18.1 Å². The topological polar surface area (TPSA) is 95.9 Å². The normalized spacial score (nSPS) is 17.4. The molecule has 1 aliphatic rings. The van der Waals surface area contributed by atoms with Gasteiger partial charge >= 0.3 is 5.97 Å². The smallest absolute Gasteiger partial charge is 0.326 e. The number of carbonyl (C=O) groups is 3. The van der Waals surface area contributed by atoms with Crippen LogP contribution in [0, 0.1) is 0 Å². The Bertz CT molecular complexity index is 884. The van der Waals surface area contributed by atoms with Gasteiger partial charge in [0.05, 0.1) is 0 Å². The summed E-state index contributed by atoms with van der Waals surface area (Å²) in [6.07, 6.45) is 1.23. The van der Waals surface area contributed by atoms with Crippen LogP contribution >= 0.6 is 0 Å². The molecule has 7 heteroatoms. The molecule has 1 aliphatic heterocycles. The van der Waals surface area contributed by atoms with Crippen LogP contribution in [0.1, 0.15) is 41.3 Å². The first-order valence-corrected chi connectivity index (χ1v) is 9.53. The Morgan fingerprint density at radius 2 is 1.86 bits per heavy atom. The van der Waals surface area contributed by atoms with Crippen molar-refractivity contribution < 1.29 is 24.2 Å². The minimum absolute atomic E-state index is 0.338. The summed E-state index contributed by atoms with van der Waals surface area (Å²) in [5.74, 6) is -1.70. The van der Waals surface area contributed by atoms with Crippen molar-refractivity contribution in [2.24, 2.45) is 0 Å². The van der Waals surface area contributed by atoms with Gasteiger partial charge in [0, 0.05) is 24.9 Å². The Balaban J connectivity index is 1.76. The number of hydrogen-bond acceptors (Lipinski definition) is 4. The SMILES string of the molecule is CO[C@@H](C(=O)Nc1cccc(C(=O)N2CCCCC2C(=O)O)c1)c1ccccc1. The van der Waals surface area contributed by atoms with E-state index in [9.17, 15) is 19.5 Å². The lowest BCUT2D eigenvalue weighted by atomic mass is 10.0. The standard InChI is InChI=1S/C22H24N2O5/c1-29-19(15-8-3-2-4-9-15)20(25)23-17-11-7-10-16(14-17)21(26)24-13-6-5-12-18(24)22(27)28/h2-4,7-11,14,18-19H,5-6,12-13H2,1H3,(H,23,25)(H,27,28)/t18?,19-/m1/s1. The first-order chi connectivity index (χ1) is 14.0. The number of ether oxygens (including phenoxy) is 1. The highest BCUT2D eigenvalue weighted by Gasteiger charge is 2.32. The van der Waals surface area contributed by atoms with Crippen LogP contribution in [0.5, 0.6) is 0 Å². The van der Waals surface area contributed by atoms with E-state index in [-0.39, 0.29) is 11.8 Å². The fraction of sp³-hybridized carbons (Fsp3) is 0.318. The van der Waals surface area contributed by atoms with Crippen LogP contribution in [-0.2, 0) is 14.3 Å². The van der Waals surface area contributed by atoms with E-state index in [2.05, 4.69) is 5.32 Å². The molecule has 2 atom stereocenters. The quantitative estimate of drug-likeness (QED) is 0.782. The molecule has 1 heterocycles. The number of carboxylic acids is 1. The molecule has 7 nitrogen and oxygen atoms in total. The zero-order chi connectivity index (χ0) is 20.8. The van der Waals surface area contributed by atoms with Gasteiger partial charge in [-0.25, -0.2) is 4.79 Å². The maximum Gasteiger partial charge on any atom is 0.326 e. The lowest BCUT2D eigenvalue weighted by Crippen LogP contribution is -2.48. The molecule has 1 unspecified atom stereocenters. The van der Waals surface area contributed by atoms with Gasteiger partial charge in [-0.3, -0.25) is 9.59 Å². The second-order valence-electron chi connectivity index (χ2n) is 6.94. The average molecular weight is 396 g/mol. The summed E-state index contributed by atoms with van der Waals surface area (Å²) in [7, 11) is 1.46. The second kappa shape index (κ2) is 9.34. The van der Waals surface area contributed by atoms with E-state index in [1.54, 1.807) is 36.4 Å². The zero-order valence-electron chi connectivity index (χ0n) is 16.2. The highest BCUT2D eigenvalue weighted by molar-refractivity contribution is 5.99. The Kier molecular flexibility index (Phi) is 6.61. The predicted molar refractivity (Wildman–Crippen MR) is 108 cm³/mol. The van der Waals surface area contributed by atoms with Gasteiger partial charge in [0.25, 0.3) is 11.8 Å². The number of anilines is 1. The van der Waals surface area contributed by atoms with Crippen LogP contribution in [0.15, 0.2) is 54.6 Å². The lowest BCUT2D eigenvalue weighted by molar-refractivity contribution is -0.143. The van der Waals surface area contributed by atoms with E-state index in [0.29, 0.717) is 24.2 Å². The molecule has 0 aliphatic carbocycles. The Hall–Kier alpha value is -3.19. The fourth-order valence-corrected chi connectivity index (χ4v) is 3.56. The molecule has 1 saturated heterocycles. The van der Waals surface area contributed by atoms with Crippen molar-refractivity contribution in [3.8, 4) is 0 Å². The Labute approximate surface area is 169 Å². The van der Waals surface area contributed by atoms with Crippen LogP contribution in [0.4, 0.5) is 5.69 Å². The molecule has 0 spiro atoms. The van der Waals surface area contributed by atoms with E-state index >= 15 is 0 Å². The van der Waals surface area contributed by atoms with E-state index in [1.165, 1.54) is 12.0 Å². The minimum Gasteiger partial charge on any atom is -0.480 e. The van der Waals surface area contributed by atoms with Crippen LogP contribution in [0.25, 0.3) is 0 Å². The largest absolute Gasteiger partial charge is 0.480 e. The van der Waals surface area contributed by atoms with Gasteiger partial charge < -0.3 is 20.1 Å². The first-order valence-electron chi connectivity index (χ1n) is 9.53. The Morgan fingerprint density at radius 3 is 2.55 bits per heavy atom. The third kappa shape index (κ3) is 4.81. The van der Waals surface area contributed by atoms with Gasteiger partial charge in [-0.1, -0.05) is 36.4 Å². The monoisotopic (exact) mass is 396 g/mol. The number of methoxy groups -OCH3 is 1. The molecular weight excluding hydrogens is 372 g/mol. The third-order valence-corrected chi connectivity index (χ3v) is 5.00. The minimum atomic E-state index is -0.992. The molecule has 0 radical (unpaired) electrons. The predicted octanol–water partition coefficient (Wildman–Crippen LogP) is 3.09. The summed E-state index contributed by atoms with van der Waals surface area (Å²) in [6, 6.07) is 14.8. The van der Waals surface area contributed by atoms with Gasteiger partial charge in [-0.05, 0) is 43.0 Å². The molecule has 0 aromatic heterocycles. The maximum absolute atomic E-state index is 12.9. The van der Waals surface area contributed by atoms with Gasteiger partial charge in [-0.15, -0.1) is 0 Å². The van der Waals surface area contributed by atoms with Crippen molar-refractivity contribution >= 4 is 23.5 Å². The van der Waals surface area contributed by atoms with E-state index in [1.807, 2.05) is 18.2 Å². The average Bonchev–Trinajstić information content (AvgIpc) is 2.74. The number of piperidine rings is 1. The van der Waals surface area contributed by atoms with Gasteiger partial charge in [-0.2, -0.15) is 0 Å². The number of aliphatic carboxylic acids is 1. The zero-order valence-corrected chi connectivity index (χ0v) is 16.2. The number of carboxylic acid groups (broad SMARTS) is 1. The summed E-state index contributed by atoms with van der Waals surface area (Å²) in [6.45, 7) is 0.409. The molecule has 0 saturated carbocycles. The number of amides is 2. The molecule has 1 fully saturated rings. The van der Waals surface area contributed by atoms with Gasteiger partial charge in [0.15, 0.2) is 6.10 Å². The summed E-state index contributed by atoms with van der Waals surface area (Å²) >= 11 is 0. The molecule has 2 amide bonds. The highest BCUT2D eigenvalue weighted by Crippen LogP contribution is 2.23. The summed E-state index contributed by atoms with van der Waals surface area (Å²) in [4.78, 5) is 38.4. The first kappa shape index (κ1) is 20.5. The van der Waals surface area contributed by atoms with Crippen molar-refractivity contribution in [2.45, 2.75) is 31.4 Å². The van der Waals surface area contributed by atoms with Crippen molar-refractivity contribution in [1.82, 2.24) is 4.90 Å². The van der Waals surface area contributed by atoms with Crippen molar-refractivity contribution in [3.05, 3.63) is 65.7 Å².